The highest BCUT2D eigenvalue weighted by Crippen LogP contribution is 2.16. The van der Waals surface area contributed by atoms with Crippen molar-refractivity contribution in [2.45, 2.75) is 18.2 Å². The molecule has 0 spiro atoms. The molecule has 124 valence electrons. The lowest BCUT2D eigenvalue weighted by Gasteiger charge is -2.09. The molecule has 23 heavy (non-hydrogen) atoms. The summed E-state index contributed by atoms with van der Waals surface area (Å²) in [5, 5.41) is 3.06. The van der Waals surface area contributed by atoms with Gasteiger partial charge in [-0.05, 0) is 25.5 Å². The van der Waals surface area contributed by atoms with E-state index < -0.39 is 10.0 Å². The standard InChI is InChI=1S/C15H20N4O3S/c1-12-4-6-13(7-5-12)23(20,21)19-9-3-8-16-14-15(22-2)18-11-10-17-14/h4-7,10-11,19H,3,8-9H2,1-2H3,(H,16,17). The average molecular weight is 336 g/mol. The zero-order valence-corrected chi connectivity index (χ0v) is 13.9. The van der Waals surface area contributed by atoms with Gasteiger partial charge >= 0.3 is 0 Å². The molecule has 2 N–H and O–H groups in total. The number of nitrogens with one attached hydrogen (secondary N) is 2. The molecule has 0 saturated heterocycles. The fourth-order valence-electron chi connectivity index (χ4n) is 1.90. The highest BCUT2D eigenvalue weighted by molar-refractivity contribution is 7.89. The van der Waals surface area contributed by atoms with Gasteiger partial charge in [0, 0.05) is 25.5 Å². The first-order valence-corrected chi connectivity index (χ1v) is 8.66. The maximum Gasteiger partial charge on any atom is 0.257 e. The second-order valence-corrected chi connectivity index (χ2v) is 6.67. The first kappa shape index (κ1) is 17.2. The Hall–Kier alpha value is -2.19. The average Bonchev–Trinajstić information content (AvgIpc) is 2.55. The monoisotopic (exact) mass is 336 g/mol. The SMILES string of the molecule is COc1nccnc1NCCCNS(=O)(=O)c1ccc(C)cc1. The highest BCUT2D eigenvalue weighted by atomic mass is 32.2. The number of methoxy groups -OCH3 is 1. The van der Waals surface area contributed by atoms with Crippen LogP contribution in [0.4, 0.5) is 5.82 Å². The fraction of sp³-hybridized carbons (Fsp3) is 0.333. The Morgan fingerprint density at radius 1 is 1.09 bits per heavy atom. The van der Waals surface area contributed by atoms with Crippen molar-refractivity contribution in [1.82, 2.24) is 14.7 Å². The second kappa shape index (κ2) is 7.89. The van der Waals surface area contributed by atoms with E-state index in [-0.39, 0.29) is 4.90 Å². The Morgan fingerprint density at radius 3 is 2.48 bits per heavy atom. The first-order chi connectivity index (χ1) is 11.0. The quantitative estimate of drug-likeness (QED) is 0.711. The molecular formula is C15H20N4O3S. The highest BCUT2D eigenvalue weighted by Gasteiger charge is 2.12. The topological polar surface area (TPSA) is 93.2 Å². The van der Waals surface area contributed by atoms with Crippen molar-refractivity contribution in [2.24, 2.45) is 0 Å². The summed E-state index contributed by atoms with van der Waals surface area (Å²) in [6, 6.07) is 6.74. The molecule has 1 aromatic carbocycles. The molecule has 1 heterocycles. The van der Waals surface area contributed by atoms with E-state index in [1.165, 1.54) is 7.11 Å². The van der Waals surface area contributed by atoms with E-state index in [0.717, 1.165) is 5.56 Å². The fourth-order valence-corrected chi connectivity index (χ4v) is 2.97. The summed E-state index contributed by atoms with van der Waals surface area (Å²) in [4.78, 5) is 8.41. The molecule has 2 aromatic rings. The molecule has 0 aliphatic rings. The van der Waals surface area contributed by atoms with Crippen LogP contribution in [0.3, 0.4) is 0 Å². The zero-order valence-electron chi connectivity index (χ0n) is 13.1. The Labute approximate surface area is 136 Å². The van der Waals surface area contributed by atoms with E-state index in [2.05, 4.69) is 20.0 Å². The lowest BCUT2D eigenvalue weighted by atomic mass is 10.2. The van der Waals surface area contributed by atoms with E-state index in [0.29, 0.717) is 31.2 Å². The normalized spacial score (nSPS) is 11.2. The summed E-state index contributed by atoms with van der Waals surface area (Å²) >= 11 is 0. The smallest absolute Gasteiger partial charge is 0.257 e. The number of nitrogens with zero attached hydrogens (tertiary/aromatic N) is 2. The van der Waals surface area contributed by atoms with Crippen molar-refractivity contribution >= 4 is 15.8 Å². The minimum atomic E-state index is -3.47. The van der Waals surface area contributed by atoms with E-state index in [1.54, 1.807) is 36.7 Å². The van der Waals surface area contributed by atoms with Gasteiger partial charge in [0.05, 0.1) is 12.0 Å². The lowest BCUT2D eigenvalue weighted by molar-refractivity contribution is 0.397. The number of sulfonamides is 1. The van der Waals surface area contributed by atoms with Gasteiger partial charge in [-0.2, -0.15) is 0 Å². The molecule has 0 aliphatic carbocycles. The van der Waals surface area contributed by atoms with Gasteiger partial charge in [-0.25, -0.2) is 23.1 Å². The first-order valence-electron chi connectivity index (χ1n) is 7.18. The number of benzene rings is 1. The van der Waals surface area contributed by atoms with Gasteiger partial charge in [-0.1, -0.05) is 17.7 Å². The molecule has 0 atom stereocenters. The molecule has 0 fully saturated rings. The van der Waals surface area contributed by atoms with Crippen LogP contribution in [0.5, 0.6) is 5.88 Å². The van der Waals surface area contributed by atoms with Crippen LogP contribution in [0.1, 0.15) is 12.0 Å². The Bertz CT molecular complexity index is 733. The number of hydrogen-bond donors (Lipinski definition) is 2. The maximum absolute atomic E-state index is 12.1. The van der Waals surface area contributed by atoms with Crippen LogP contribution >= 0.6 is 0 Å². The summed E-state index contributed by atoms with van der Waals surface area (Å²) < 4.78 is 31.9. The van der Waals surface area contributed by atoms with Crippen LogP contribution in [-0.4, -0.2) is 38.6 Å². The van der Waals surface area contributed by atoms with Crippen molar-refractivity contribution < 1.29 is 13.2 Å². The predicted molar refractivity (Wildman–Crippen MR) is 88.1 cm³/mol. The summed E-state index contributed by atoms with van der Waals surface area (Å²) in [7, 11) is -1.95. The van der Waals surface area contributed by atoms with Crippen LogP contribution in [0, 0.1) is 6.92 Å². The molecule has 0 bridgehead atoms. The minimum absolute atomic E-state index is 0.270. The molecule has 7 nitrogen and oxygen atoms in total. The number of rotatable bonds is 8. The summed E-state index contributed by atoms with van der Waals surface area (Å²) in [5.74, 6) is 0.948. The van der Waals surface area contributed by atoms with Crippen molar-refractivity contribution in [3.8, 4) is 5.88 Å². The van der Waals surface area contributed by atoms with Crippen LogP contribution in [-0.2, 0) is 10.0 Å². The van der Waals surface area contributed by atoms with Gasteiger partial charge in [-0.3, -0.25) is 0 Å². The summed E-state index contributed by atoms with van der Waals surface area (Å²) in [5.41, 5.74) is 1.02. The second-order valence-electron chi connectivity index (χ2n) is 4.91. The molecule has 0 aliphatic heterocycles. The minimum Gasteiger partial charge on any atom is -0.478 e. The molecule has 2 rings (SSSR count). The number of hydrogen-bond acceptors (Lipinski definition) is 6. The number of aromatic nitrogens is 2. The van der Waals surface area contributed by atoms with Crippen molar-refractivity contribution in [3.05, 3.63) is 42.2 Å². The van der Waals surface area contributed by atoms with Gasteiger partial charge in [-0.15, -0.1) is 0 Å². The van der Waals surface area contributed by atoms with Gasteiger partial charge in [0.25, 0.3) is 5.88 Å². The molecule has 0 amide bonds. The third-order valence-electron chi connectivity index (χ3n) is 3.13. The van der Waals surface area contributed by atoms with Gasteiger partial charge < -0.3 is 10.1 Å². The molecular weight excluding hydrogens is 316 g/mol. The third kappa shape index (κ3) is 4.90. The van der Waals surface area contributed by atoms with E-state index in [1.807, 2.05) is 6.92 Å². The Kier molecular flexibility index (Phi) is 5.89. The largest absolute Gasteiger partial charge is 0.478 e. The van der Waals surface area contributed by atoms with Crippen LogP contribution in [0.2, 0.25) is 0 Å². The number of ether oxygens (including phenoxy) is 1. The van der Waals surface area contributed by atoms with Crippen molar-refractivity contribution in [2.75, 3.05) is 25.5 Å². The summed E-state index contributed by atoms with van der Waals surface area (Å²) in [6.07, 6.45) is 3.70. The number of anilines is 1. The Morgan fingerprint density at radius 2 is 1.78 bits per heavy atom. The van der Waals surface area contributed by atoms with E-state index in [9.17, 15) is 8.42 Å². The Balaban J connectivity index is 1.80. The van der Waals surface area contributed by atoms with Gasteiger partial charge in [0.2, 0.25) is 10.0 Å². The van der Waals surface area contributed by atoms with Crippen LogP contribution in [0.15, 0.2) is 41.6 Å². The molecule has 0 unspecified atom stereocenters. The van der Waals surface area contributed by atoms with Crippen molar-refractivity contribution in [1.29, 1.82) is 0 Å². The van der Waals surface area contributed by atoms with Gasteiger partial charge in [0.15, 0.2) is 5.82 Å². The maximum atomic E-state index is 12.1. The van der Waals surface area contributed by atoms with Crippen LogP contribution in [0.25, 0.3) is 0 Å². The van der Waals surface area contributed by atoms with Crippen LogP contribution < -0.4 is 14.8 Å². The van der Waals surface area contributed by atoms with E-state index >= 15 is 0 Å². The third-order valence-corrected chi connectivity index (χ3v) is 4.60. The van der Waals surface area contributed by atoms with E-state index in [4.69, 9.17) is 4.74 Å². The zero-order chi connectivity index (χ0) is 16.7. The molecule has 8 heteroatoms. The van der Waals surface area contributed by atoms with Crippen molar-refractivity contribution in [3.63, 3.8) is 0 Å². The molecule has 0 saturated carbocycles. The number of aryl methyl sites for hydroxylation is 1. The predicted octanol–water partition coefficient (Wildman–Crippen LogP) is 1.57. The molecule has 0 radical (unpaired) electrons. The lowest BCUT2D eigenvalue weighted by Crippen LogP contribution is -2.26. The molecule has 1 aromatic heterocycles. The van der Waals surface area contributed by atoms with Gasteiger partial charge in [0.1, 0.15) is 0 Å². The summed E-state index contributed by atoms with van der Waals surface area (Å²) in [6.45, 7) is 2.79.